The van der Waals surface area contributed by atoms with E-state index in [1.165, 1.54) is 0 Å². The average Bonchev–Trinajstić information content (AvgIpc) is 3.10. The van der Waals surface area contributed by atoms with Crippen molar-refractivity contribution in [2.45, 2.75) is 33.2 Å². The van der Waals surface area contributed by atoms with Crippen LogP contribution in [0.4, 0.5) is 0 Å². The predicted octanol–water partition coefficient (Wildman–Crippen LogP) is 4.74. The van der Waals surface area contributed by atoms with E-state index in [2.05, 4.69) is 13.8 Å². The van der Waals surface area contributed by atoms with Crippen LogP contribution in [0.3, 0.4) is 0 Å². The van der Waals surface area contributed by atoms with Gasteiger partial charge in [-0.1, -0.05) is 74.5 Å². The number of hydrogen-bond acceptors (Lipinski definition) is 4. The lowest BCUT2D eigenvalue weighted by molar-refractivity contribution is -0.143. The van der Waals surface area contributed by atoms with Crippen molar-refractivity contribution >= 4 is 17.5 Å². The normalized spacial score (nSPS) is 14.7. The Hall–Kier alpha value is -3.47. The maximum Gasteiger partial charge on any atom is 0.326 e. The summed E-state index contributed by atoms with van der Waals surface area (Å²) in [6, 6.07) is 20.3. The van der Waals surface area contributed by atoms with Crippen LogP contribution in [-0.4, -0.2) is 28.7 Å². The molecule has 0 bridgehead atoms. The summed E-state index contributed by atoms with van der Waals surface area (Å²) in [5.74, 6) is -0.659. The van der Waals surface area contributed by atoms with Gasteiger partial charge >= 0.3 is 5.97 Å². The molecular weight excluding hydrogens is 390 g/mol. The van der Waals surface area contributed by atoms with Crippen LogP contribution in [0.5, 0.6) is 0 Å². The highest BCUT2D eigenvalue weighted by Crippen LogP contribution is 2.38. The van der Waals surface area contributed by atoms with Crippen molar-refractivity contribution in [3.05, 3.63) is 83.6 Å². The minimum absolute atomic E-state index is 0.0506. The molecule has 5 heteroatoms. The first-order valence-corrected chi connectivity index (χ1v) is 10.4. The summed E-state index contributed by atoms with van der Waals surface area (Å²) in [7, 11) is 0. The molecule has 0 fully saturated rings. The predicted molar refractivity (Wildman–Crippen MR) is 118 cm³/mol. The van der Waals surface area contributed by atoms with Crippen molar-refractivity contribution in [1.29, 1.82) is 0 Å². The lowest BCUT2D eigenvalue weighted by atomic mass is 9.76. The number of Topliss-reactive ketones (excluding diaryl/α,β-unsaturated/α-hetero) is 2. The molecule has 0 atom stereocenters. The highest BCUT2D eigenvalue weighted by Gasteiger charge is 2.35. The molecule has 0 amide bonds. The first-order valence-electron chi connectivity index (χ1n) is 10.4. The SMILES string of the molecule is CC1(C)CC(=O)c2cc(-c3ccccc3)n(CC(=O)OCC(=O)c3ccccc3)c2C1. The van der Waals surface area contributed by atoms with E-state index in [0.29, 0.717) is 24.0 Å². The lowest BCUT2D eigenvalue weighted by Gasteiger charge is -2.29. The topological polar surface area (TPSA) is 65.4 Å². The van der Waals surface area contributed by atoms with Gasteiger partial charge in [-0.3, -0.25) is 14.4 Å². The Balaban J connectivity index is 1.60. The summed E-state index contributed by atoms with van der Waals surface area (Å²) in [5, 5.41) is 0. The molecule has 0 unspecified atom stereocenters. The highest BCUT2D eigenvalue weighted by molar-refractivity contribution is 6.00. The molecule has 0 radical (unpaired) electrons. The summed E-state index contributed by atoms with van der Waals surface area (Å²) in [4.78, 5) is 37.7. The largest absolute Gasteiger partial charge is 0.456 e. The van der Waals surface area contributed by atoms with Gasteiger partial charge < -0.3 is 9.30 Å². The summed E-state index contributed by atoms with van der Waals surface area (Å²) in [5.41, 5.74) is 3.59. The second-order valence-electron chi connectivity index (χ2n) is 8.73. The quantitative estimate of drug-likeness (QED) is 0.431. The molecule has 1 aromatic heterocycles. The maximum absolute atomic E-state index is 12.8. The third kappa shape index (κ3) is 4.50. The van der Waals surface area contributed by atoms with Crippen molar-refractivity contribution in [2.75, 3.05) is 6.61 Å². The van der Waals surface area contributed by atoms with E-state index in [0.717, 1.165) is 17.0 Å². The van der Waals surface area contributed by atoms with E-state index < -0.39 is 5.97 Å². The summed E-state index contributed by atoms with van der Waals surface area (Å²) < 4.78 is 7.17. The highest BCUT2D eigenvalue weighted by atomic mass is 16.5. The van der Waals surface area contributed by atoms with Crippen LogP contribution in [0.15, 0.2) is 66.7 Å². The number of rotatable bonds is 6. The molecule has 0 spiro atoms. The first kappa shape index (κ1) is 20.8. The Labute approximate surface area is 181 Å². The standard InChI is InChI=1S/C26H25NO4/c1-26(2)14-22-20(23(28)15-26)13-21(18-9-5-3-6-10-18)27(22)16-25(30)31-17-24(29)19-11-7-4-8-12-19/h3-13H,14-17H2,1-2H3. The summed E-state index contributed by atoms with van der Waals surface area (Å²) in [6.45, 7) is 3.76. The minimum atomic E-state index is -0.504. The monoisotopic (exact) mass is 415 g/mol. The van der Waals surface area contributed by atoms with Gasteiger partial charge in [-0.05, 0) is 23.5 Å². The van der Waals surface area contributed by atoms with Gasteiger partial charge in [0.2, 0.25) is 0 Å². The number of esters is 1. The zero-order chi connectivity index (χ0) is 22.0. The number of carbonyl (C=O) groups excluding carboxylic acids is 3. The first-order chi connectivity index (χ1) is 14.8. The molecule has 0 saturated carbocycles. The second-order valence-corrected chi connectivity index (χ2v) is 8.73. The molecule has 2 aromatic carbocycles. The van der Waals surface area contributed by atoms with Crippen LogP contribution in [-0.2, 0) is 22.5 Å². The lowest BCUT2D eigenvalue weighted by Crippen LogP contribution is -2.29. The zero-order valence-corrected chi connectivity index (χ0v) is 17.8. The van der Waals surface area contributed by atoms with E-state index in [1.54, 1.807) is 24.3 Å². The molecule has 0 N–H and O–H groups in total. The fourth-order valence-corrected chi connectivity index (χ4v) is 4.12. The number of ketones is 2. The third-order valence-corrected chi connectivity index (χ3v) is 5.61. The molecule has 1 aliphatic carbocycles. The molecule has 1 aliphatic rings. The Morgan fingerprint density at radius 1 is 0.968 bits per heavy atom. The van der Waals surface area contributed by atoms with E-state index in [4.69, 9.17) is 4.74 Å². The van der Waals surface area contributed by atoms with E-state index in [1.807, 2.05) is 47.0 Å². The Morgan fingerprint density at radius 2 is 1.61 bits per heavy atom. The number of benzene rings is 2. The van der Waals surface area contributed by atoms with Crippen LogP contribution in [0.1, 0.15) is 46.7 Å². The van der Waals surface area contributed by atoms with Gasteiger partial charge in [0.1, 0.15) is 6.54 Å². The molecule has 5 nitrogen and oxygen atoms in total. The van der Waals surface area contributed by atoms with Gasteiger partial charge in [0, 0.05) is 28.9 Å². The van der Waals surface area contributed by atoms with Gasteiger partial charge in [0.25, 0.3) is 0 Å². The Bertz CT molecular complexity index is 1130. The van der Waals surface area contributed by atoms with Gasteiger partial charge in [0.15, 0.2) is 18.2 Å². The van der Waals surface area contributed by atoms with Crippen molar-refractivity contribution < 1.29 is 19.1 Å². The number of ether oxygens (including phenoxy) is 1. The molecular formula is C26H25NO4. The molecule has 3 aromatic rings. The molecule has 4 rings (SSSR count). The average molecular weight is 415 g/mol. The molecule has 1 heterocycles. The van der Waals surface area contributed by atoms with Gasteiger partial charge in [-0.2, -0.15) is 0 Å². The molecule has 31 heavy (non-hydrogen) atoms. The van der Waals surface area contributed by atoms with Gasteiger partial charge in [-0.15, -0.1) is 0 Å². The van der Waals surface area contributed by atoms with Crippen molar-refractivity contribution in [2.24, 2.45) is 5.41 Å². The Kier molecular flexibility index (Phi) is 5.59. The van der Waals surface area contributed by atoms with Gasteiger partial charge in [-0.25, -0.2) is 0 Å². The molecule has 0 saturated heterocycles. The zero-order valence-electron chi connectivity index (χ0n) is 17.8. The van der Waals surface area contributed by atoms with Crippen LogP contribution >= 0.6 is 0 Å². The van der Waals surface area contributed by atoms with Gasteiger partial charge in [0.05, 0.1) is 0 Å². The number of hydrogen-bond donors (Lipinski definition) is 0. The number of nitrogens with zero attached hydrogens (tertiary/aromatic N) is 1. The van der Waals surface area contributed by atoms with E-state index in [9.17, 15) is 14.4 Å². The number of carbonyl (C=O) groups is 3. The number of aromatic nitrogens is 1. The molecule has 0 aliphatic heterocycles. The van der Waals surface area contributed by atoms with E-state index >= 15 is 0 Å². The van der Waals surface area contributed by atoms with Crippen LogP contribution in [0.25, 0.3) is 11.3 Å². The van der Waals surface area contributed by atoms with Crippen molar-refractivity contribution in [3.8, 4) is 11.3 Å². The summed E-state index contributed by atoms with van der Waals surface area (Å²) in [6.07, 6.45) is 1.17. The fraction of sp³-hybridized carbons (Fsp3) is 0.269. The molecule has 158 valence electrons. The maximum atomic E-state index is 12.8. The van der Waals surface area contributed by atoms with Crippen LogP contribution in [0.2, 0.25) is 0 Å². The smallest absolute Gasteiger partial charge is 0.326 e. The summed E-state index contributed by atoms with van der Waals surface area (Å²) >= 11 is 0. The van der Waals surface area contributed by atoms with Crippen LogP contribution < -0.4 is 0 Å². The minimum Gasteiger partial charge on any atom is -0.456 e. The fourth-order valence-electron chi connectivity index (χ4n) is 4.12. The van der Waals surface area contributed by atoms with Crippen LogP contribution in [0, 0.1) is 5.41 Å². The number of fused-ring (bicyclic) bond motifs is 1. The van der Waals surface area contributed by atoms with E-state index in [-0.39, 0.29) is 30.1 Å². The second kappa shape index (κ2) is 8.34. The van der Waals surface area contributed by atoms with Crippen molar-refractivity contribution in [3.63, 3.8) is 0 Å². The van der Waals surface area contributed by atoms with Crippen molar-refractivity contribution in [1.82, 2.24) is 4.57 Å². The third-order valence-electron chi connectivity index (χ3n) is 5.61. The Morgan fingerprint density at radius 3 is 2.29 bits per heavy atom.